The van der Waals surface area contributed by atoms with Crippen molar-refractivity contribution in [1.29, 1.82) is 0 Å². The first-order chi connectivity index (χ1) is 13.0. The Morgan fingerprint density at radius 2 is 1.93 bits per heavy atom. The molecule has 1 aliphatic heterocycles. The quantitative estimate of drug-likeness (QED) is 0.848. The normalized spacial score (nSPS) is 16.2. The highest BCUT2D eigenvalue weighted by atomic mass is 16.5. The van der Waals surface area contributed by atoms with Crippen LogP contribution in [0.2, 0.25) is 0 Å². The van der Waals surface area contributed by atoms with Crippen LogP contribution in [0, 0.1) is 12.8 Å². The molecule has 144 valence electrons. The Bertz CT molecular complexity index is 764. The van der Waals surface area contributed by atoms with Gasteiger partial charge in [-0.25, -0.2) is 0 Å². The number of ether oxygens (including phenoxy) is 1. The largest absolute Gasteiger partial charge is 0.489 e. The SMILES string of the molecule is Cc1ccccc1COc1cccc(CC(=O)N2CCC(C(C)N)CC2)c1. The van der Waals surface area contributed by atoms with Crippen LogP contribution in [0.1, 0.15) is 36.5 Å². The topological polar surface area (TPSA) is 55.6 Å². The molecule has 2 aromatic carbocycles. The van der Waals surface area contributed by atoms with Crippen molar-refractivity contribution < 1.29 is 9.53 Å². The maximum absolute atomic E-state index is 12.6. The van der Waals surface area contributed by atoms with Crippen LogP contribution < -0.4 is 10.5 Å². The van der Waals surface area contributed by atoms with E-state index in [1.807, 2.05) is 41.3 Å². The fraction of sp³-hybridized carbons (Fsp3) is 0.435. The lowest BCUT2D eigenvalue weighted by atomic mass is 9.91. The number of rotatable bonds is 6. The number of carbonyl (C=O) groups is 1. The Hall–Kier alpha value is -2.33. The molecule has 1 fully saturated rings. The molecule has 3 rings (SSSR count). The second-order valence-electron chi connectivity index (χ2n) is 7.62. The third-order valence-electron chi connectivity index (χ3n) is 5.55. The third-order valence-corrected chi connectivity index (χ3v) is 5.55. The summed E-state index contributed by atoms with van der Waals surface area (Å²) < 4.78 is 5.94. The van der Waals surface area contributed by atoms with Gasteiger partial charge in [-0.15, -0.1) is 0 Å². The van der Waals surface area contributed by atoms with Gasteiger partial charge in [-0.05, 0) is 61.4 Å². The van der Waals surface area contributed by atoms with E-state index in [2.05, 4.69) is 26.0 Å². The molecule has 4 heteroatoms. The molecule has 2 N–H and O–H groups in total. The van der Waals surface area contributed by atoms with Gasteiger partial charge in [0.1, 0.15) is 12.4 Å². The van der Waals surface area contributed by atoms with E-state index in [1.165, 1.54) is 11.1 Å². The number of nitrogens with two attached hydrogens (primary N) is 1. The molecular formula is C23H30N2O2. The molecule has 0 spiro atoms. The van der Waals surface area contributed by atoms with Gasteiger partial charge in [-0.2, -0.15) is 0 Å². The van der Waals surface area contributed by atoms with Crippen LogP contribution in [0.15, 0.2) is 48.5 Å². The van der Waals surface area contributed by atoms with Crippen LogP contribution in [0.3, 0.4) is 0 Å². The highest BCUT2D eigenvalue weighted by Gasteiger charge is 2.24. The van der Waals surface area contributed by atoms with Crippen LogP contribution in [-0.2, 0) is 17.8 Å². The van der Waals surface area contributed by atoms with Crippen molar-refractivity contribution in [2.75, 3.05) is 13.1 Å². The van der Waals surface area contributed by atoms with E-state index in [1.54, 1.807) is 0 Å². The smallest absolute Gasteiger partial charge is 0.226 e. The summed E-state index contributed by atoms with van der Waals surface area (Å²) >= 11 is 0. The number of hydrogen-bond acceptors (Lipinski definition) is 3. The predicted molar refractivity (Wildman–Crippen MR) is 109 cm³/mol. The summed E-state index contributed by atoms with van der Waals surface area (Å²) in [6.07, 6.45) is 2.43. The van der Waals surface area contributed by atoms with E-state index in [4.69, 9.17) is 10.5 Å². The number of likely N-dealkylation sites (tertiary alicyclic amines) is 1. The number of piperidine rings is 1. The maximum Gasteiger partial charge on any atom is 0.226 e. The van der Waals surface area contributed by atoms with Gasteiger partial charge in [0.25, 0.3) is 0 Å². The number of nitrogens with zero attached hydrogens (tertiary/aromatic N) is 1. The van der Waals surface area contributed by atoms with Crippen molar-refractivity contribution in [1.82, 2.24) is 4.90 Å². The van der Waals surface area contributed by atoms with E-state index in [0.717, 1.165) is 37.2 Å². The molecule has 0 saturated carbocycles. The molecule has 2 aromatic rings. The van der Waals surface area contributed by atoms with E-state index >= 15 is 0 Å². The van der Waals surface area contributed by atoms with Crippen molar-refractivity contribution >= 4 is 5.91 Å². The highest BCUT2D eigenvalue weighted by Crippen LogP contribution is 2.21. The van der Waals surface area contributed by atoms with Crippen LogP contribution in [0.25, 0.3) is 0 Å². The Morgan fingerprint density at radius 3 is 2.63 bits per heavy atom. The molecular weight excluding hydrogens is 336 g/mol. The lowest BCUT2D eigenvalue weighted by molar-refractivity contribution is -0.131. The third kappa shape index (κ3) is 5.33. The first-order valence-corrected chi connectivity index (χ1v) is 9.82. The first-order valence-electron chi connectivity index (χ1n) is 9.82. The summed E-state index contributed by atoms with van der Waals surface area (Å²) in [5.74, 6) is 1.53. The zero-order chi connectivity index (χ0) is 19.2. The maximum atomic E-state index is 12.6. The van der Waals surface area contributed by atoms with Gasteiger partial charge in [0.2, 0.25) is 5.91 Å². The van der Waals surface area contributed by atoms with Gasteiger partial charge < -0.3 is 15.4 Å². The Morgan fingerprint density at radius 1 is 1.19 bits per heavy atom. The molecule has 1 amide bonds. The zero-order valence-corrected chi connectivity index (χ0v) is 16.4. The van der Waals surface area contributed by atoms with Gasteiger partial charge in [0.05, 0.1) is 6.42 Å². The van der Waals surface area contributed by atoms with E-state index in [9.17, 15) is 4.79 Å². The fourth-order valence-corrected chi connectivity index (χ4v) is 3.64. The van der Waals surface area contributed by atoms with Crippen molar-refractivity contribution in [2.45, 2.75) is 45.8 Å². The van der Waals surface area contributed by atoms with Crippen LogP contribution >= 0.6 is 0 Å². The summed E-state index contributed by atoms with van der Waals surface area (Å²) in [6, 6.07) is 16.3. The number of hydrogen-bond donors (Lipinski definition) is 1. The average molecular weight is 367 g/mol. The molecule has 1 saturated heterocycles. The Kier molecular flexibility index (Phi) is 6.51. The zero-order valence-electron chi connectivity index (χ0n) is 16.4. The minimum Gasteiger partial charge on any atom is -0.489 e. The number of aryl methyl sites for hydroxylation is 1. The number of amides is 1. The van der Waals surface area contributed by atoms with Gasteiger partial charge in [0, 0.05) is 19.1 Å². The lowest BCUT2D eigenvalue weighted by Crippen LogP contribution is -2.43. The molecule has 27 heavy (non-hydrogen) atoms. The fourth-order valence-electron chi connectivity index (χ4n) is 3.64. The van der Waals surface area contributed by atoms with Crippen molar-refractivity contribution in [3.63, 3.8) is 0 Å². The van der Waals surface area contributed by atoms with Gasteiger partial charge in [-0.3, -0.25) is 4.79 Å². The molecule has 1 aliphatic rings. The molecule has 4 nitrogen and oxygen atoms in total. The lowest BCUT2D eigenvalue weighted by Gasteiger charge is -2.33. The Labute approximate surface area is 162 Å². The molecule has 0 radical (unpaired) electrons. The second kappa shape index (κ2) is 9.05. The van der Waals surface area contributed by atoms with Gasteiger partial charge >= 0.3 is 0 Å². The van der Waals surface area contributed by atoms with E-state index in [0.29, 0.717) is 18.9 Å². The molecule has 0 bridgehead atoms. The Balaban J connectivity index is 1.54. The van der Waals surface area contributed by atoms with Gasteiger partial charge in [-0.1, -0.05) is 36.4 Å². The number of carbonyl (C=O) groups excluding carboxylic acids is 1. The average Bonchev–Trinajstić information content (AvgIpc) is 2.68. The van der Waals surface area contributed by atoms with E-state index < -0.39 is 0 Å². The summed E-state index contributed by atoms with van der Waals surface area (Å²) in [4.78, 5) is 14.6. The van der Waals surface area contributed by atoms with Crippen molar-refractivity contribution in [2.24, 2.45) is 11.7 Å². The monoisotopic (exact) mass is 366 g/mol. The highest BCUT2D eigenvalue weighted by molar-refractivity contribution is 5.79. The molecule has 0 aliphatic carbocycles. The minimum atomic E-state index is 0.189. The standard InChI is InChI=1S/C23H30N2O2/c1-17-6-3-4-8-21(17)16-27-22-9-5-7-19(14-22)15-23(26)25-12-10-20(11-13-25)18(2)24/h3-9,14,18,20H,10-13,15-16,24H2,1-2H3. The van der Waals surface area contributed by atoms with E-state index in [-0.39, 0.29) is 11.9 Å². The first kappa shape index (κ1) is 19.4. The summed E-state index contributed by atoms with van der Waals surface area (Å²) in [5, 5.41) is 0. The van der Waals surface area contributed by atoms with Crippen molar-refractivity contribution in [3.05, 3.63) is 65.2 Å². The van der Waals surface area contributed by atoms with Crippen LogP contribution in [0.4, 0.5) is 0 Å². The predicted octanol–water partition coefficient (Wildman–Crippen LogP) is 3.70. The minimum absolute atomic E-state index is 0.189. The van der Waals surface area contributed by atoms with Crippen LogP contribution in [0.5, 0.6) is 5.75 Å². The molecule has 1 unspecified atom stereocenters. The number of benzene rings is 2. The summed E-state index contributed by atoms with van der Waals surface area (Å²) in [5.41, 5.74) is 9.39. The van der Waals surface area contributed by atoms with Crippen LogP contribution in [-0.4, -0.2) is 29.9 Å². The summed E-state index contributed by atoms with van der Waals surface area (Å²) in [6.45, 7) is 6.31. The second-order valence-corrected chi connectivity index (χ2v) is 7.62. The van der Waals surface area contributed by atoms with Gasteiger partial charge in [0.15, 0.2) is 0 Å². The molecule has 1 heterocycles. The summed E-state index contributed by atoms with van der Waals surface area (Å²) in [7, 11) is 0. The molecule has 0 aromatic heterocycles. The van der Waals surface area contributed by atoms with Crippen molar-refractivity contribution in [3.8, 4) is 5.75 Å². The molecule has 1 atom stereocenters.